The predicted molar refractivity (Wildman–Crippen MR) is 127 cm³/mol. The maximum atomic E-state index is 13.1. The molecule has 0 aromatic heterocycles. The molecule has 1 atom stereocenters. The van der Waals surface area contributed by atoms with E-state index in [1.54, 1.807) is 6.92 Å². The van der Waals surface area contributed by atoms with Crippen LogP contribution in [0, 0.1) is 10.1 Å². The molecule has 0 unspecified atom stereocenters. The number of hydrogen-bond donors (Lipinski definition) is 2. The Morgan fingerprint density at radius 1 is 1.20 bits per heavy atom. The number of Topliss-reactive ketones (excluding diaryl/α,β-unsaturated/α-hetero) is 1. The summed E-state index contributed by atoms with van der Waals surface area (Å²) in [5.74, 6) is -2.19. The number of nitro groups is 1. The van der Waals surface area contributed by atoms with Gasteiger partial charge in [-0.25, -0.2) is 0 Å². The number of likely N-dealkylation sites (tertiary alicyclic amines) is 1. The lowest BCUT2D eigenvalue weighted by atomic mass is 9.94. The van der Waals surface area contributed by atoms with E-state index in [4.69, 9.17) is 9.47 Å². The Bertz CT molecular complexity index is 1160. The summed E-state index contributed by atoms with van der Waals surface area (Å²) >= 11 is 0. The van der Waals surface area contributed by atoms with Gasteiger partial charge in [0.2, 0.25) is 0 Å². The van der Waals surface area contributed by atoms with Gasteiger partial charge < -0.3 is 24.6 Å². The molecule has 1 amide bonds. The smallest absolute Gasteiger partial charge is 0.295 e. The molecule has 0 saturated carbocycles. The van der Waals surface area contributed by atoms with Crippen LogP contribution in [0.1, 0.15) is 44.4 Å². The number of benzene rings is 2. The zero-order valence-corrected chi connectivity index (χ0v) is 19.8. The predicted octanol–water partition coefficient (Wildman–Crippen LogP) is 3.94. The monoisotopic (exact) mass is 484 g/mol. The molecule has 1 saturated heterocycles. The molecule has 2 aromatic carbocycles. The summed E-state index contributed by atoms with van der Waals surface area (Å²) in [4.78, 5) is 38.0. The largest absolute Gasteiger partial charge is 0.507 e. The van der Waals surface area contributed by atoms with Crippen LogP contribution in [0.25, 0.3) is 5.76 Å². The van der Waals surface area contributed by atoms with Crippen LogP contribution in [0.15, 0.2) is 48.0 Å². The van der Waals surface area contributed by atoms with Gasteiger partial charge in [-0.1, -0.05) is 18.2 Å². The molecule has 3 rings (SSSR count). The number of hydrogen-bond acceptors (Lipinski definition) is 8. The zero-order chi connectivity index (χ0) is 25.7. The highest BCUT2D eigenvalue weighted by molar-refractivity contribution is 6.46. The molecule has 1 heterocycles. The number of nitro benzene ring substituents is 1. The number of non-ortho nitro benzene ring substituents is 1. The molecule has 0 spiro atoms. The second-order valence-corrected chi connectivity index (χ2v) is 8.23. The topological polar surface area (TPSA) is 139 Å². The first-order chi connectivity index (χ1) is 16.6. The quantitative estimate of drug-likeness (QED) is 0.129. The first-order valence-electron chi connectivity index (χ1n) is 11.3. The number of ketones is 1. The van der Waals surface area contributed by atoms with Crippen LogP contribution in [0.2, 0.25) is 0 Å². The summed E-state index contributed by atoms with van der Waals surface area (Å²) < 4.78 is 11.0. The van der Waals surface area contributed by atoms with Crippen molar-refractivity contribution in [3.63, 3.8) is 0 Å². The minimum atomic E-state index is -0.992. The molecule has 10 heteroatoms. The number of ether oxygens (including phenoxy) is 2. The molecule has 0 bridgehead atoms. The fraction of sp³-hybridized carbons (Fsp3) is 0.360. The van der Waals surface area contributed by atoms with E-state index in [0.29, 0.717) is 18.6 Å². The molecule has 35 heavy (non-hydrogen) atoms. The number of aliphatic hydroxyl groups excluding tert-OH is 1. The molecule has 1 aliphatic rings. The summed E-state index contributed by atoms with van der Waals surface area (Å²) in [6, 6.07) is 8.64. The molecule has 0 aliphatic carbocycles. The van der Waals surface area contributed by atoms with E-state index in [1.165, 1.54) is 41.3 Å². The fourth-order valence-corrected chi connectivity index (χ4v) is 3.91. The summed E-state index contributed by atoms with van der Waals surface area (Å²) in [5.41, 5.74) is -0.00120. The Morgan fingerprint density at radius 2 is 1.94 bits per heavy atom. The fourth-order valence-electron chi connectivity index (χ4n) is 3.91. The lowest BCUT2D eigenvalue weighted by molar-refractivity contribution is -0.384. The van der Waals surface area contributed by atoms with Gasteiger partial charge in [-0.3, -0.25) is 19.7 Å². The van der Waals surface area contributed by atoms with Gasteiger partial charge in [0, 0.05) is 30.8 Å². The molecule has 1 aliphatic heterocycles. The minimum Gasteiger partial charge on any atom is -0.507 e. The van der Waals surface area contributed by atoms with Crippen LogP contribution in [-0.2, 0) is 14.3 Å². The Hall–Kier alpha value is -3.92. The van der Waals surface area contributed by atoms with E-state index in [9.17, 15) is 29.9 Å². The lowest BCUT2D eigenvalue weighted by Crippen LogP contribution is -2.31. The van der Waals surface area contributed by atoms with E-state index in [0.717, 1.165) is 6.07 Å². The lowest BCUT2D eigenvalue weighted by Gasteiger charge is -2.26. The average Bonchev–Trinajstić information content (AvgIpc) is 3.07. The number of phenols is 1. The second-order valence-electron chi connectivity index (χ2n) is 8.23. The van der Waals surface area contributed by atoms with Crippen LogP contribution >= 0.6 is 0 Å². The normalized spacial score (nSPS) is 17.3. The van der Waals surface area contributed by atoms with E-state index in [1.807, 2.05) is 13.8 Å². The van der Waals surface area contributed by atoms with Crippen molar-refractivity contribution >= 4 is 23.1 Å². The van der Waals surface area contributed by atoms with Crippen molar-refractivity contribution < 1.29 is 34.2 Å². The van der Waals surface area contributed by atoms with E-state index >= 15 is 0 Å². The standard InChI is InChI=1S/C25H28N2O8/c1-4-34-20-14-16(9-10-19(20)28)22-21(23(29)17-7-5-8-18(13-17)27(32)33)24(30)25(31)26(22)11-6-12-35-15(2)3/h5,7-10,13-15,22,28-29H,4,6,11-12H2,1-3H3/t22-/m0/s1. The number of rotatable bonds is 10. The number of aromatic hydroxyl groups is 1. The third-order valence-electron chi connectivity index (χ3n) is 5.46. The van der Waals surface area contributed by atoms with Crippen LogP contribution in [0.4, 0.5) is 5.69 Å². The van der Waals surface area contributed by atoms with Crippen molar-refractivity contribution in [2.24, 2.45) is 0 Å². The molecule has 186 valence electrons. The highest BCUT2D eigenvalue weighted by atomic mass is 16.6. The Labute approximate surface area is 202 Å². The number of phenolic OH excluding ortho intramolecular Hbond substituents is 1. The molecule has 0 radical (unpaired) electrons. The second kappa shape index (κ2) is 11.0. The molecular weight excluding hydrogens is 456 g/mol. The first kappa shape index (κ1) is 25.7. The maximum absolute atomic E-state index is 13.1. The minimum absolute atomic E-state index is 0.000861. The average molecular weight is 485 g/mol. The van der Waals surface area contributed by atoms with Crippen molar-refractivity contribution in [2.45, 2.75) is 39.3 Å². The SMILES string of the molecule is CCOc1cc([C@H]2C(=C(O)c3cccc([N+](=O)[O-])c3)C(=O)C(=O)N2CCCOC(C)C)ccc1O. The highest BCUT2D eigenvalue weighted by Crippen LogP contribution is 2.42. The molecule has 1 fully saturated rings. The number of carbonyl (C=O) groups excluding carboxylic acids is 2. The Balaban J connectivity index is 2.12. The number of aliphatic hydroxyl groups is 1. The molecular formula is C25H28N2O8. The zero-order valence-electron chi connectivity index (χ0n) is 19.8. The van der Waals surface area contributed by atoms with Gasteiger partial charge in [0.15, 0.2) is 11.5 Å². The third-order valence-corrected chi connectivity index (χ3v) is 5.46. The number of amides is 1. The van der Waals surface area contributed by atoms with Crippen LogP contribution in [-0.4, -0.2) is 57.6 Å². The van der Waals surface area contributed by atoms with Crippen molar-refractivity contribution in [3.05, 3.63) is 69.3 Å². The highest BCUT2D eigenvalue weighted by Gasteiger charge is 2.46. The van der Waals surface area contributed by atoms with Crippen LogP contribution in [0.3, 0.4) is 0 Å². The van der Waals surface area contributed by atoms with Crippen molar-refractivity contribution in [1.29, 1.82) is 0 Å². The van der Waals surface area contributed by atoms with E-state index in [-0.39, 0.29) is 47.6 Å². The van der Waals surface area contributed by atoms with Crippen LogP contribution in [0.5, 0.6) is 11.5 Å². The summed E-state index contributed by atoms with van der Waals surface area (Å²) in [7, 11) is 0. The Morgan fingerprint density at radius 3 is 2.60 bits per heavy atom. The molecule has 2 aromatic rings. The third kappa shape index (κ3) is 5.60. The molecule has 10 nitrogen and oxygen atoms in total. The number of nitrogens with zero attached hydrogens (tertiary/aromatic N) is 2. The van der Waals surface area contributed by atoms with Gasteiger partial charge in [0.1, 0.15) is 5.76 Å². The summed E-state index contributed by atoms with van der Waals surface area (Å²) in [5, 5.41) is 32.4. The summed E-state index contributed by atoms with van der Waals surface area (Å²) in [6.07, 6.45) is 0.440. The van der Waals surface area contributed by atoms with Gasteiger partial charge in [-0.15, -0.1) is 0 Å². The van der Waals surface area contributed by atoms with E-state index in [2.05, 4.69) is 0 Å². The maximum Gasteiger partial charge on any atom is 0.295 e. The Kier molecular flexibility index (Phi) is 8.08. The van der Waals surface area contributed by atoms with Gasteiger partial charge in [-0.2, -0.15) is 0 Å². The summed E-state index contributed by atoms with van der Waals surface area (Å²) in [6.45, 7) is 6.32. The first-order valence-corrected chi connectivity index (χ1v) is 11.3. The van der Waals surface area contributed by atoms with Crippen LogP contribution < -0.4 is 4.74 Å². The van der Waals surface area contributed by atoms with Crippen molar-refractivity contribution in [3.8, 4) is 11.5 Å². The van der Waals surface area contributed by atoms with Gasteiger partial charge >= 0.3 is 0 Å². The number of carbonyl (C=O) groups is 2. The molecule has 2 N–H and O–H groups in total. The van der Waals surface area contributed by atoms with Crippen molar-refractivity contribution in [1.82, 2.24) is 4.90 Å². The van der Waals surface area contributed by atoms with Gasteiger partial charge in [0.05, 0.1) is 29.2 Å². The van der Waals surface area contributed by atoms with Gasteiger partial charge in [0.25, 0.3) is 17.4 Å². The van der Waals surface area contributed by atoms with Crippen molar-refractivity contribution in [2.75, 3.05) is 19.8 Å². The van der Waals surface area contributed by atoms with E-state index < -0.39 is 28.4 Å². The van der Waals surface area contributed by atoms with Gasteiger partial charge in [-0.05, 0) is 44.9 Å².